The van der Waals surface area contributed by atoms with Crippen molar-refractivity contribution in [2.45, 2.75) is 19.8 Å². The van der Waals surface area contributed by atoms with Crippen LogP contribution in [0.3, 0.4) is 0 Å². The second kappa shape index (κ2) is 7.53. The molecule has 2 aromatic carbocycles. The summed E-state index contributed by atoms with van der Waals surface area (Å²) in [5.74, 6) is 0.463. The lowest BCUT2D eigenvalue weighted by Crippen LogP contribution is -2.28. The summed E-state index contributed by atoms with van der Waals surface area (Å²) in [6.07, 6.45) is 0. The van der Waals surface area contributed by atoms with Crippen molar-refractivity contribution in [1.82, 2.24) is 10.5 Å². The molecule has 0 radical (unpaired) electrons. The van der Waals surface area contributed by atoms with Gasteiger partial charge in [-0.2, -0.15) is 0 Å². The summed E-state index contributed by atoms with van der Waals surface area (Å²) in [5, 5.41) is 7.53. The van der Waals surface area contributed by atoms with Crippen LogP contribution in [0.5, 0.6) is 0 Å². The molecule has 128 valence electrons. The molecule has 4 nitrogen and oxygen atoms in total. The van der Waals surface area contributed by atoms with E-state index in [2.05, 4.69) is 29.5 Å². The van der Waals surface area contributed by atoms with Gasteiger partial charge in [-0.1, -0.05) is 72.2 Å². The van der Waals surface area contributed by atoms with Crippen molar-refractivity contribution < 1.29 is 9.32 Å². The van der Waals surface area contributed by atoms with E-state index in [0.29, 0.717) is 34.1 Å². The topological polar surface area (TPSA) is 55.1 Å². The zero-order valence-corrected chi connectivity index (χ0v) is 14.9. The number of hydrogen-bond acceptors (Lipinski definition) is 3. The van der Waals surface area contributed by atoms with Gasteiger partial charge in [0.25, 0.3) is 5.91 Å². The van der Waals surface area contributed by atoms with Crippen LogP contribution in [0.15, 0.2) is 59.1 Å². The maximum Gasteiger partial charge on any atom is 0.257 e. The van der Waals surface area contributed by atoms with Gasteiger partial charge in [-0.05, 0) is 24.5 Å². The van der Waals surface area contributed by atoms with Gasteiger partial charge in [0.1, 0.15) is 17.0 Å². The first kappa shape index (κ1) is 17.2. The quantitative estimate of drug-likeness (QED) is 0.713. The van der Waals surface area contributed by atoms with Gasteiger partial charge in [-0.3, -0.25) is 4.79 Å². The van der Waals surface area contributed by atoms with Crippen molar-refractivity contribution >= 4 is 17.5 Å². The summed E-state index contributed by atoms with van der Waals surface area (Å²) in [5.41, 5.74) is 2.75. The highest BCUT2D eigenvalue weighted by Gasteiger charge is 2.23. The molecule has 0 unspecified atom stereocenters. The molecule has 1 N–H and O–H groups in total. The maximum absolute atomic E-state index is 12.7. The minimum atomic E-state index is -0.212. The Morgan fingerprint density at radius 3 is 2.56 bits per heavy atom. The fourth-order valence-corrected chi connectivity index (χ4v) is 2.94. The highest BCUT2D eigenvalue weighted by atomic mass is 35.5. The SMILES string of the molecule is Cc1onc(-c2ccccc2Cl)c1C(=O)NC[C@@H](C)c1ccccc1. The molecule has 0 aliphatic heterocycles. The standard InChI is InChI=1S/C20H19ClN2O2/c1-13(15-8-4-3-5-9-15)12-22-20(24)18-14(2)25-23-19(18)16-10-6-7-11-17(16)21/h3-11,13H,12H2,1-2H3,(H,22,24)/t13-/m1/s1. The fraction of sp³-hybridized carbons (Fsp3) is 0.200. The third-order valence-corrected chi connectivity index (χ3v) is 4.49. The summed E-state index contributed by atoms with van der Waals surface area (Å²) in [7, 11) is 0. The second-order valence-electron chi connectivity index (χ2n) is 5.96. The highest BCUT2D eigenvalue weighted by Crippen LogP contribution is 2.31. The number of hydrogen-bond donors (Lipinski definition) is 1. The Kier molecular flexibility index (Phi) is 5.19. The molecule has 3 rings (SSSR count). The molecule has 1 aromatic heterocycles. The average Bonchev–Trinajstić information content (AvgIpc) is 3.02. The Balaban J connectivity index is 1.79. The van der Waals surface area contributed by atoms with E-state index in [-0.39, 0.29) is 11.8 Å². The van der Waals surface area contributed by atoms with Crippen LogP contribution >= 0.6 is 11.6 Å². The number of rotatable bonds is 5. The molecule has 5 heteroatoms. The van der Waals surface area contributed by atoms with E-state index in [1.54, 1.807) is 13.0 Å². The largest absolute Gasteiger partial charge is 0.360 e. The molecule has 0 bridgehead atoms. The van der Waals surface area contributed by atoms with Crippen molar-refractivity contribution in [3.8, 4) is 11.3 Å². The van der Waals surface area contributed by atoms with Crippen molar-refractivity contribution in [2.24, 2.45) is 0 Å². The molecule has 3 aromatic rings. The molecule has 0 spiro atoms. The molecule has 0 saturated heterocycles. The molecule has 1 atom stereocenters. The zero-order valence-electron chi connectivity index (χ0n) is 14.1. The lowest BCUT2D eigenvalue weighted by atomic mass is 10.0. The predicted molar refractivity (Wildman–Crippen MR) is 98.9 cm³/mol. The van der Waals surface area contributed by atoms with E-state index in [4.69, 9.17) is 16.1 Å². The van der Waals surface area contributed by atoms with Crippen LogP contribution < -0.4 is 5.32 Å². The monoisotopic (exact) mass is 354 g/mol. The average molecular weight is 355 g/mol. The van der Waals surface area contributed by atoms with E-state index in [9.17, 15) is 4.79 Å². The minimum Gasteiger partial charge on any atom is -0.360 e. The normalized spacial score (nSPS) is 12.0. The summed E-state index contributed by atoms with van der Waals surface area (Å²) in [6.45, 7) is 4.32. The number of benzene rings is 2. The first-order valence-electron chi connectivity index (χ1n) is 8.12. The summed E-state index contributed by atoms with van der Waals surface area (Å²) in [6, 6.07) is 17.3. The van der Waals surface area contributed by atoms with Crippen LogP contribution in [-0.4, -0.2) is 17.6 Å². The van der Waals surface area contributed by atoms with E-state index >= 15 is 0 Å². The molecule has 0 fully saturated rings. The van der Waals surface area contributed by atoms with Crippen LogP contribution in [0, 0.1) is 6.92 Å². The van der Waals surface area contributed by atoms with E-state index < -0.39 is 0 Å². The van der Waals surface area contributed by atoms with Gasteiger partial charge in [-0.25, -0.2) is 0 Å². The number of nitrogens with one attached hydrogen (secondary N) is 1. The van der Waals surface area contributed by atoms with Crippen molar-refractivity contribution in [2.75, 3.05) is 6.54 Å². The Morgan fingerprint density at radius 2 is 1.84 bits per heavy atom. The Labute approximate surface area is 151 Å². The van der Waals surface area contributed by atoms with Crippen molar-refractivity contribution in [1.29, 1.82) is 0 Å². The molecule has 0 aliphatic carbocycles. The second-order valence-corrected chi connectivity index (χ2v) is 6.37. The number of carbonyl (C=O) groups is 1. The molecule has 25 heavy (non-hydrogen) atoms. The number of aryl methyl sites for hydroxylation is 1. The smallest absolute Gasteiger partial charge is 0.257 e. The zero-order chi connectivity index (χ0) is 17.8. The van der Waals surface area contributed by atoms with E-state index in [1.165, 1.54) is 5.56 Å². The van der Waals surface area contributed by atoms with E-state index in [1.807, 2.05) is 36.4 Å². The summed E-state index contributed by atoms with van der Waals surface area (Å²) >= 11 is 6.24. The fourth-order valence-electron chi connectivity index (χ4n) is 2.71. The van der Waals surface area contributed by atoms with Crippen molar-refractivity contribution in [3.63, 3.8) is 0 Å². The summed E-state index contributed by atoms with van der Waals surface area (Å²) in [4.78, 5) is 12.7. The maximum atomic E-state index is 12.7. The van der Waals surface area contributed by atoms with Gasteiger partial charge in [0.05, 0.1) is 5.02 Å². The number of carbonyl (C=O) groups excluding carboxylic acids is 1. The van der Waals surface area contributed by atoms with Crippen molar-refractivity contribution in [3.05, 3.63) is 76.5 Å². The van der Waals surface area contributed by atoms with Crippen LogP contribution in [-0.2, 0) is 0 Å². The molecule has 1 amide bonds. The van der Waals surface area contributed by atoms with Gasteiger partial charge in [0.15, 0.2) is 0 Å². The van der Waals surface area contributed by atoms with Crippen LogP contribution in [0.2, 0.25) is 5.02 Å². The van der Waals surface area contributed by atoms with Crippen LogP contribution in [0.25, 0.3) is 11.3 Å². The van der Waals surface area contributed by atoms with E-state index in [0.717, 1.165) is 0 Å². The first-order chi connectivity index (χ1) is 12.1. The van der Waals surface area contributed by atoms with Crippen LogP contribution in [0.4, 0.5) is 0 Å². The predicted octanol–water partition coefficient (Wildman–Crippen LogP) is 4.84. The molecule has 0 aliphatic rings. The lowest BCUT2D eigenvalue weighted by Gasteiger charge is -2.13. The van der Waals surface area contributed by atoms with Gasteiger partial charge in [0, 0.05) is 12.1 Å². The lowest BCUT2D eigenvalue weighted by molar-refractivity contribution is 0.0950. The first-order valence-corrected chi connectivity index (χ1v) is 8.50. The molecular formula is C20H19ClN2O2. The number of aromatic nitrogens is 1. The van der Waals surface area contributed by atoms with Gasteiger partial charge >= 0.3 is 0 Å². The number of nitrogens with zero attached hydrogens (tertiary/aromatic N) is 1. The highest BCUT2D eigenvalue weighted by molar-refractivity contribution is 6.33. The van der Waals surface area contributed by atoms with Gasteiger partial charge in [0.2, 0.25) is 0 Å². The third-order valence-electron chi connectivity index (χ3n) is 4.16. The third kappa shape index (κ3) is 3.74. The number of halogens is 1. The number of amides is 1. The van der Waals surface area contributed by atoms with Gasteiger partial charge < -0.3 is 9.84 Å². The Morgan fingerprint density at radius 1 is 1.16 bits per heavy atom. The minimum absolute atomic E-state index is 0.203. The van der Waals surface area contributed by atoms with Crippen LogP contribution in [0.1, 0.15) is 34.5 Å². The molecule has 1 heterocycles. The molecular weight excluding hydrogens is 336 g/mol. The molecule has 0 saturated carbocycles. The summed E-state index contributed by atoms with van der Waals surface area (Å²) < 4.78 is 5.25. The Bertz CT molecular complexity index is 874. The Hall–Kier alpha value is -2.59. The van der Waals surface area contributed by atoms with Gasteiger partial charge in [-0.15, -0.1) is 0 Å².